The van der Waals surface area contributed by atoms with Gasteiger partial charge < -0.3 is 29.2 Å². The third-order valence-corrected chi connectivity index (χ3v) is 16.3. The number of aliphatic hydroxyl groups is 2. The van der Waals surface area contributed by atoms with E-state index < -0.39 is 31.9 Å². The summed E-state index contributed by atoms with van der Waals surface area (Å²) in [6.45, 7) is 3.29. The van der Waals surface area contributed by atoms with Gasteiger partial charge in [-0.2, -0.15) is 9.97 Å². The Kier molecular flexibility index (Phi) is 14.5. The highest BCUT2D eigenvalue weighted by atomic mass is 35.5. The van der Waals surface area contributed by atoms with Crippen LogP contribution in [-0.2, 0) is 58.8 Å². The zero-order chi connectivity index (χ0) is 50.3. The fraction of sp³-hybridized carbons (Fsp3) is 0.385. The van der Waals surface area contributed by atoms with Crippen LogP contribution in [0.3, 0.4) is 0 Å². The molecule has 16 nitrogen and oxygen atoms in total. The van der Waals surface area contributed by atoms with E-state index in [4.69, 9.17) is 52.1 Å². The zero-order valence-electron chi connectivity index (χ0n) is 39.7. The van der Waals surface area contributed by atoms with E-state index in [0.717, 1.165) is 47.6 Å². The van der Waals surface area contributed by atoms with Gasteiger partial charge in [-0.05, 0) is 96.2 Å². The fourth-order valence-corrected chi connectivity index (χ4v) is 11.7. The van der Waals surface area contributed by atoms with Gasteiger partial charge in [0.15, 0.2) is 19.7 Å². The standard InChI is InChI=1S/C52H54Cl2N6O10S2/c1-71(63,64)37-17-31(21-55-23-37)29-67-49-33(25-59-15-13-35(61)27-59)19-45(53)51(57-49)69-47-11-9-41-39(5-3-7-43(41)47)40-6-4-8-44-42(40)10-12-48(44)70-52-46(54)20-34(26-60-16-14-36(62)28-60)50(58-52)68-30-32-18-38(24-56-22-32)72(2,65)66/h3-8,17-24,35-36,47-48,61-62H,9-16,25-30H2,1-2H3/t35-,36-,47+,48+/m1/s1. The normalized spacial score (nSPS) is 20.1. The first kappa shape index (κ1) is 50.1. The number of likely N-dealkylation sites (tertiary alicyclic amines) is 2. The Morgan fingerprint density at radius 2 is 1.03 bits per heavy atom. The Labute approximate surface area is 428 Å². The van der Waals surface area contributed by atoms with E-state index >= 15 is 0 Å². The molecule has 0 bridgehead atoms. The molecule has 6 aromatic rings. The molecule has 2 saturated heterocycles. The average molecular weight is 1060 g/mol. The molecule has 2 N–H and O–H groups in total. The van der Waals surface area contributed by atoms with Crippen LogP contribution in [0.4, 0.5) is 0 Å². The molecule has 0 spiro atoms. The third kappa shape index (κ3) is 11.2. The van der Waals surface area contributed by atoms with E-state index in [0.29, 0.717) is 97.3 Å². The number of hydrogen-bond donors (Lipinski definition) is 2. The van der Waals surface area contributed by atoms with Gasteiger partial charge in [-0.3, -0.25) is 19.8 Å². The minimum atomic E-state index is -3.48. The minimum absolute atomic E-state index is 0.00349. The third-order valence-electron chi connectivity index (χ3n) is 13.6. The summed E-state index contributed by atoms with van der Waals surface area (Å²) in [6, 6.07) is 19.2. The van der Waals surface area contributed by atoms with Gasteiger partial charge in [-0.15, -0.1) is 0 Å². The van der Waals surface area contributed by atoms with E-state index in [1.807, 2.05) is 12.1 Å². The first-order valence-corrected chi connectivity index (χ1v) is 28.4. The Morgan fingerprint density at radius 1 is 0.597 bits per heavy atom. The van der Waals surface area contributed by atoms with Gasteiger partial charge in [0, 0.05) is 98.8 Å². The highest BCUT2D eigenvalue weighted by molar-refractivity contribution is 7.91. The van der Waals surface area contributed by atoms with Crippen molar-refractivity contribution < 1.29 is 46.0 Å². The topological polar surface area (TPSA) is 204 Å². The molecule has 2 aliphatic heterocycles. The Balaban J connectivity index is 0.889. The summed E-state index contributed by atoms with van der Waals surface area (Å²) in [5.74, 6) is 1.01. The quantitative estimate of drug-likeness (QED) is 0.0909. The molecule has 0 radical (unpaired) electrons. The van der Waals surface area contributed by atoms with Crippen molar-refractivity contribution in [2.75, 3.05) is 38.7 Å². The molecule has 0 saturated carbocycles. The van der Waals surface area contributed by atoms with Crippen molar-refractivity contribution >= 4 is 42.9 Å². The maximum atomic E-state index is 12.3. The van der Waals surface area contributed by atoms with Gasteiger partial charge in [-0.1, -0.05) is 59.6 Å². The van der Waals surface area contributed by atoms with Gasteiger partial charge in [0.05, 0.1) is 22.0 Å². The Bertz CT molecular complexity index is 3040. The van der Waals surface area contributed by atoms with E-state index in [2.05, 4.69) is 44.0 Å². The second kappa shape index (κ2) is 20.8. The predicted molar refractivity (Wildman–Crippen MR) is 269 cm³/mol. The van der Waals surface area contributed by atoms with Crippen LogP contribution in [0.2, 0.25) is 10.0 Å². The molecule has 6 heterocycles. The number of nitrogens with zero attached hydrogens (tertiary/aromatic N) is 6. The summed E-state index contributed by atoms with van der Waals surface area (Å²) in [7, 11) is -6.97. The van der Waals surface area contributed by atoms with Crippen molar-refractivity contribution in [2.24, 2.45) is 0 Å². The van der Waals surface area contributed by atoms with Crippen LogP contribution in [0.25, 0.3) is 11.1 Å². The maximum Gasteiger partial charge on any atom is 0.236 e. The number of pyridine rings is 4. The van der Waals surface area contributed by atoms with Crippen LogP contribution in [0.15, 0.2) is 95.2 Å². The van der Waals surface area contributed by atoms with Crippen LogP contribution >= 0.6 is 23.2 Å². The summed E-state index contributed by atoms with van der Waals surface area (Å²) >= 11 is 13.9. The van der Waals surface area contributed by atoms with Gasteiger partial charge in [0.25, 0.3) is 0 Å². The number of aromatic nitrogens is 4. The maximum absolute atomic E-state index is 12.3. The molecule has 0 unspecified atom stereocenters. The van der Waals surface area contributed by atoms with Gasteiger partial charge in [0.1, 0.15) is 35.5 Å². The van der Waals surface area contributed by atoms with Gasteiger partial charge in [0.2, 0.25) is 23.5 Å². The Hall–Kier alpha value is -5.44. The molecule has 10 rings (SSSR count). The smallest absolute Gasteiger partial charge is 0.236 e. The first-order chi connectivity index (χ1) is 34.5. The summed E-state index contributed by atoms with van der Waals surface area (Å²) in [6.07, 6.45) is 10.6. The van der Waals surface area contributed by atoms with Crippen LogP contribution in [0, 0.1) is 0 Å². The molecule has 4 aliphatic rings. The van der Waals surface area contributed by atoms with Crippen LogP contribution in [0.5, 0.6) is 23.5 Å². The van der Waals surface area contributed by atoms with Crippen molar-refractivity contribution in [3.05, 3.63) is 140 Å². The molecule has 2 aliphatic carbocycles. The first-order valence-electron chi connectivity index (χ1n) is 23.8. The SMILES string of the molecule is CS(=O)(=O)c1cncc(COc2nc(O[C@H]3CCc4c(-c5cccc6c5CC[C@@H]6Oc5nc(OCc6cncc(S(C)(=O)=O)c6)c(CN6CC[C@@H](O)C6)cc5Cl)cccc43)c(Cl)cc2CN2CC[C@@H](O)C2)c1. The lowest BCUT2D eigenvalue weighted by Gasteiger charge is -2.21. The highest BCUT2D eigenvalue weighted by Gasteiger charge is 2.33. The average Bonchev–Trinajstić information content (AvgIpc) is 4.17. The number of sulfone groups is 2. The van der Waals surface area contributed by atoms with Crippen LogP contribution in [0.1, 0.15) is 82.4 Å². The molecule has 4 aromatic heterocycles. The predicted octanol–water partition coefficient (Wildman–Crippen LogP) is 7.47. The van der Waals surface area contributed by atoms with Crippen molar-refractivity contribution in [2.45, 2.75) is 99.0 Å². The largest absolute Gasteiger partial charge is 0.472 e. The minimum Gasteiger partial charge on any atom is -0.472 e. The summed E-state index contributed by atoms with van der Waals surface area (Å²) in [4.78, 5) is 22.3. The molecular weight excluding hydrogens is 1000 g/mol. The lowest BCUT2D eigenvalue weighted by Crippen LogP contribution is -2.22. The number of hydrogen-bond acceptors (Lipinski definition) is 16. The summed E-state index contributed by atoms with van der Waals surface area (Å²) in [5, 5.41) is 21.1. The highest BCUT2D eigenvalue weighted by Crippen LogP contribution is 2.46. The number of ether oxygens (including phenoxy) is 4. The summed E-state index contributed by atoms with van der Waals surface area (Å²) in [5.41, 5.74) is 9.12. The van der Waals surface area contributed by atoms with Gasteiger partial charge >= 0.3 is 0 Å². The van der Waals surface area contributed by atoms with Crippen LogP contribution in [-0.4, -0.2) is 108 Å². The molecular formula is C52H54Cl2N6O10S2. The van der Waals surface area contributed by atoms with Crippen LogP contribution < -0.4 is 18.9 Å². The fourth-order valence-electron chi connectivity index (χ4n) is 10.1. The van der Waals surface area contributed by atoms with Crippen molar-refractivity contribution in [1.82, 2.24) is 29.7 Å². The van der Waals surface area contributed by atoms with E-state index in [-0.39, 0.29) is 58.7 Å². The molecule has 0 amide bonds. The van der Waals surface area contributed by atoms with Gasteiger partial charge in [-0.25, -0.2) is 16.8 Å². The number of benzene rings is 2. The van der Waals surface area contributed by atoms with Crippen molar-refractivity contribution in [1.29, 1.82) is 0 Å². The number of β-amino-alcohol motifs (C(OH)–C–C–N with tert-alkyl or cyclic N) is 2. The van der Waals surface area contributed by atoms with Crippen molar-refractivity contribution in [3.8, 4) is 34.6 Å². The number of aliphatic hydroxyl groups excluding tert-OH is 2. The zero-order valence-corrected chi connectivity index (χ0v) is 42.9. The molecule has 378 valence electrons. The van der Waals surface area contributed by atoms with E-state index in [9.17, 15) is 27.0 Å². The second-order valence-electron chi connectivity index (χ2n) is 19.1. The molecule has 72 heavy (non-hydrogen) atoms. The molecule has 2 aromatic carbocycles. The molecule has 2 fully saturated rings. The molecule has 4 atom stereocenters. The van der Waals surface area contributed by atoms with E-state index in [1.165, 1.54) is 35.7 Å². The summed E-state index contributed by atoms with van der Waals surface area (Å²) < 4.78 is 74.9. The number of halogens is 2. The number of fused-ring (bicyclic) bond motifs is 2. The van der Waals surface area contributed by atoms with E-state index in [1.54, 1.807) is 24.5 Å². The lowest BCUT2D eigenvalue weighted by molar-refractivity contribution is 0.173. The lowest BCUT2D eigenvalue weighted by atomic mass is 9.91. The Morgan fingerprint density at radius 3 is 1.42 bits per heavy atom. The number of rotatable bonds is 17. The van der Waals surface area contributed by atoms with Crippen molar-refractivity contribution in [3.63, 3.8) is 0 Å². The molecule has 20 heteroatoms. The second-order valence-corrected chi connectivity index (χ2v) is 23.9. The monoisotopic (exact) mass is 1060 g/mol.